The molecule has 0 N–H and O–H groups in total. The Morgan fingerprint density at radius 3 is 2.00 bits per heavy atom. The molecule has 0 heterocycles. The molecule has 0 atom stereocenters. The van der Waals surface area contributed by atoms with E-state index in [0.717, 1.165) is 17.9 Å². The quantitative estimate of drug-likeness (QED) is 0.563. The molecule has 1 nitrogen and oxygen atoms in total. The molecule has 0 aliphatic rings. The molecule has 1 heteroatoms. The third-order valence-electron chi connectivity index (χ3n) is 0.976. The van der Waals surface area contributed by atoms with Crippen LogP contribution in [0, 0.1) is 0 Å². The van der Waals surface area contributed by atoms with Crippen molar-refractivity contribution in [3.63, 3.8) is 0 Å². The number of hydrogen-bond acceptors (Lipinski definition) is 1. The van der Waals surface area contributed by atoms with E-state index in [9.17, 15) is 0 Å². The minimum absolute atomic E-state index is 0.755. The van der Waals surface area contributed by atoms with Gasteiger partial charge in [0.15, 0.2) is 0 Å². The van der Waals surface area contributed by atoms with E-state index in [1.165, 1.54) is 0 Å². The normalized spacial score (nSPS) is 9.73. The van der Waals surface area contributed by atoms with Gasteiger partial charge in [0.2, 0.25) is 0 Å². The molecule has 0 radical (unpaired) electrons. The fraction of sp³-hybridized carbons (Fsp3) is 0.600. The van der Waals surface area contributed by atoms with Crippen molar-refractivity contribution in [2.45, 2.75) is 41.0 Å². The molecule has 0 aromatic rings. The maximum atomic E-state index is 5.22. The zero-order valence-electron chi connectivity index (χ0n) is 8.40. The fourth-order valence-corrected chi connectivity index (χ4v) is 0.559. The third kappa shape index (κ3) is 9.28. The zero-order valence-corrected chi connectivity index (χ0v) is 8.40. The van der Waals surface area contributed by atoms with Crippen LogP contribution in [0.15, 0.2) is 24.2 Å². The van der Waals surface area contributed by atoms with Crippen LogP contribution in [0.4, 0.5) is 0 Å². The van der Waals surface area contributed by atoms with E-state index in [2.05, 4.69) is 13.5 Å². The van der Waals surface area contributed by atoms with Crippen molar-refractivity contribution in [1.29, 1.82) is 0 Å². The molecule has 0 saturated carbocycles. The highest BCUT2D eigenvalue weighted by atomic mass is 16.5. The highest BCUT2D eigenvalue weighted by Gasteiger charge is 1.90. The first-order chi connectivity index (χ1) is 5.20. The van der Waals surface area contributed by atoms with Gasteiger partial charge in [-0.1, -0.05) is 27.4 Å². The smallest absolute Gasteiger partial charge is 0.0990 e. The fourth-order valence-electron chi connectivity index (χ4n) is 0.559. The molecule has 66 valence electrons. The highest BCUT2D eigenvalue weighted by Crippen LogP contribution is 2.06. The first-order valence-electron chi connectivity index (χ1n) is 4.19. The number of rotatable bonds is 3. The molecule has 0 fully saturated rings. The van der Waals surface area contributed by atoms with Gasteiger partial charge in [-0.25, -0.2) is 0 Å². The average molecular weight is 156 g/mol. The van der Waals surface area contributed by atoms with Gasteiger partial charge < -0.3 is 4.74 Å². The molecule has 0 rings (SSSR count). The van der Waals surface area contributed by atoms with Crippen molar-refractivity contribution < 1.29 is 4.74 Å². The Morgan fingerprint density at radius 2 is 1.91 bits per heavy atom. The second-order valence-electron chi connectivity index (χ2n) is 1.91. The number of allylic oxidation sites excluding steroid dienone is 3. The SMILES string of the molecule is C=C(C)O/C(=C\C)CC.CC. The third-order valence-corrected chi connectivity index (χ3v) is 0.976. The predicted octanol–water partition coefficient (Wildman–Crippen LogP) is 3.88. The van der Waals surface area contributed by atoms with Crippen LogP contribution >= 0.6 is 0 Å². The molecule has 0 aliphatic carbocycles. The molecule has 11 heavy (non-hydrogen) atoms. The topological polar surface area (TPSA) is 9.23 Å². The molecule has 0 aliphatic heterocycles. The minimum atomic E-state index is 0.755. The maximum Gasteiger partial charge on any atom is 0.0990 e. The maximum absolute atomic E-state index is 5.22. The summed E-state index contributed by atoms with van der Waals surface area (Å²) >= 11 is 0. The minimum Gasteiger partial charge on any atom is -0.467 e. The molecular weight excluding hydrogens is 136 g/mol. The summed E-state index contributed by atoms with van der Waals surface area (Å²) in [6.07, 6.45) is 2.89. The molecule has 0 spiro atoms. The van der Waals surface area contributed by atoms with Gasteiger partial charge in [-0.2, -0.15) is 0 Å². The van der Waals surface area contributed by atoms with Gasteiger partial charge in [-0.05, 0) is 19.9 Å². The lowest BCUT2D eigenvalue weighted by atomic mass is 10.4. The van der Waals surface area contributed by atoms with Crippen molar-refractivity contribution >= 4 is 0 Å². The van der Waals surface area contributed by atoms with Crippen LogP contribution in [0.1, 0.15) is 41.0 Å². The average Bonchev–Trinajstić information content (AvgIpc) is 2.03. The molecular formula is C10H20O. The summed E-state index contributed by atoms with van der Waals surface area (Å²) < 4.78 is 5.22. The van der Waals surface area contributed by atoms with Gasteiger partial charge in [-0.3, -0.25) is 0 Å². The Balaban J connectivity index is 0. The Morgan fingerprint density at radius 1 is 1.45 bits per heavy atom. The molecule has 0 aromatic carbocycles. The largest absolute Gasteiger partial charge is 0.467 e. The molecule has 0 unspecified atom stereocenters. The first kappa shape index (κ1) is 12.9. The summed E-state index contributed by atoms with van der Waals surface area (Å²) in [5.41, 5.74) is 0. The van der Waals surface area contributed by atoms with Crippen LogP contribution < -0.4 is 0 Å². The second kappa shape index (κ2) is 9.28. The van der Waals surface area contributed by atoms with Crippen LogP contribution in [0.3, 0.4) is 0 Å². The predicted molar refractivity (Wildman–Crippen MR) is 51.3 cm³/mol. The molecule has 0 amide bonds. The Hall–Kier alpha value is -0.720. The Bertz CT molecular complexity index is 123. The second-order valence-corrected chi connectivity index (χ2v) is 1.91. The van der Waals surface area contributed by atoms with Crippen LogP contribution in [-0.2, 0) is 4.74 Å². The van der Waals surface area contributed by atoms with Gasteiger partial charge in [0.1, 0.15) is 0 Å². The summed E-state index contributed by atoms with van der Waals surface area (Å²) in [6, 6.07) is 0. The zero-order chi connectivity index (χ0) is 9.28. The Labute approximate surface area is 70.8 Å². The van der Waals surface area contributed by atoms with E-state index in [1.807, 2.05) is 33.8 Å². The summed E-state index contributed by atoms with van der Waals surface area (Å²) in [4.78, 5) is 0. The standard InChI is InChI=1S/C8H14O.C2H6/c1-5-8(6-2)9-7(3)4;1-2/h5H,3,6H2,1-2,4H3;1-2H3/b8-5-;. The molecule has 0 bridgehead atoms. The van der Waals surface area contributed by atoms with Crippen molar-refractivity contribution in [2.24, 2.45) is 0 Å². The van der Waals surface area contributed by atoms with Gasteiger partial charge in [0.05, 0.1) is 11.5 Å². The Kier molecular flexibility index (Phi) is 10.9. The van der Waals surface area contributed by atoms with Gasteiger partial charge in [0.25, 0.3) is 0 Å². The molecule has 0 saturated heterocycles. The summed E-state index contributed by atoms with van der Waals surface area (Å²) in [5.74, 6) is 1.74. The van der Waals surface area contributed by atoms with Gasteiger partial charge in [0, 0.05) is 6.42 Å². The van der Waals surface area contributed by atoms with E-state index in [-0.39, 0.29) is 0 Å². The summed E-state index contributed by atoms with van der Waals surface area (Å²) in [6.45, 7) is 13.5. The first-order valence-corrected chi connectivity index (χ1v) is 4.19. The lowest BCUT2D eigenvalue weighted by molar-refractivity contribution is 0.297. The van der Waals surface area contributed by atoms with E-state index in [4.69, 9.17) is 4.74 Å². The lowest BCUT2D eigenvalue weighted by Gasteiger charge is -2.04. The van der Waals surface area contributed by atoms with Crippen molar-refractivity contribution in [3.05, 3.63) is 24.2 Å². The van der Waals surface area contributed by atoms with Crippen LogP contribution in [-0.4, -0.2) is 0 Å². The number of ether oxygens (including phenoxy) is 1. The van der Waals surface area contributed by atoms with Crippen LogP contribution in [0.5, 0.6) is 0 Å². The van der Waals surface area contributed by atoms with Crippen molar-refractivity contribution in [2.75, 3.05) is 0 Å². The summed E-state index contributed by atoms with van der Waals surface area (Å²) in [5, 5.41) is 0. The van der Waals surface area contributed by atoms with Crippen molar-refractivity contribution in [1.82, 2.24) is 0 Å². The van der Waals surface area contributed by atoms with E-state index >= 15 is 0 Å². The summed E-state index contributed by atoms with van der Waals surface area (Å²) in [7, 11) is 0. The van der Waals surface area contributed by atoms with Gasteiger partial charge >= 0.3 is 0 Å². The van der Waals surface area contributed by atoms with E-state index < -0.39 is 0 Å². The van der Waals surface area contributed by atoms with E-state index in [1.54, 1.807) is 0 Å². The lowest BCUT2D eigenvalue weighted by Crippen LogP contribution is -1.85. The van der Waals surface area contributed by atoms with Crippen LogP contribution in [0.2, 0.25) is 0 Å². The van der Waals surface area contributed by atoms with Crippen molar-refractivity contribution in [3.8, 4) is 0 Å². The van der Waals surface area contributed by atoms with Crippen LogP contribution in [0.25, 0.3) is 0 Å². The number of hydrogen-bond donors (Lipinski definition) is 0. The molecule has 0 aromatic heterocycles. The monoisotopic (exact) mass is 156 g/mol. The highest BCUT2D eigenvalue weighted by molar-refractivity contribution is 4.94. The van der Waals surface area contributed by atoms with Gasteiger partial charge in [-0.15, -0.1) is 0 Å². The van der Waals surface area contributed by atoms with E-state index in [0.29, 0.717) is 0 Å².